The van der Waals surface area contributed by atoms with Gasteiger partial charge < -0.3 is 5.11 Å². The molecule has 0 heterocycles. The molecule has 1 atom stereocenters. The molecule has 0 saturated heterocycles. The minimum Gasteiger partial charge on any atom is -0.481 e. The van der Waals surface area contributed by atoms with Crippen molar-refractivity contribution < 1.29 is 19.1 Å². The first-order chi connectivity index (χ1) is 7.58. The molecule has 1 N–H and O–H groups in total. The molecule has 0 aromatic heterocycles. The minimum absolute atomic E-state index is 0.0210. The molecule has 4 heteroatoms. The Morgan fingerprint density at radius 3 is 2.94 bits per heavy atom. The maximum Gasteiger partial charge on any atom is 0.303 e. The van der Waals surface area contributed by atoms with Crippen LogP contribution in [0.5, 0.6) is 0 Å². The summed E-state index contributed by atoms with van der Waals surface area (Å²) in [6, 6.07) is 4.10. The van der Waals surface area contributed by atoms with Gasteiger partial charge in [0.05, 0.1) is 0 Å². The van der Waals surface area contributed by atoms with E-state index in [1.165, 1.54) is 18.2 Å². The number of ketones is 1. The number of carbonyl (C=O) groups excluding carboxylic acids is 1. The summed E-state index contributed by atoms with van der Waals surface area (Å²) >= 11 is 0. The molecule has 1 aromatic carbocycles. The summed E-state index contributed by atoms with van der Waals surface area (Å²) in [6.45, 7) is 0. The van der Waals surface area contributed by atoms with Crippen LogP contribution >= 0.6 is 0 Å². The van der Waals surface area contributed by atoms with E-state index in [9.17, 15) is 14.0 Å². The van der Waals surface area contributed by atoms with Crippen LogP contribution in [0, 0.1) is 11.7 Å². The molecule has 0 saturated carbocycles. The van der Waals surface area contributed by atoms with E-state index in [2.05, 4.69) is 0 Å². The smallest absolute Gasteiger partial charge is 0.303 e. The van der Waals surface area contributed by atoms with Gasteiger partial charge in [-0.1, -0.05) is 0 Å². The van der Waals surface area contributed by atoms with Crippen LogP contribution in [0.4, 0.5) is 4.39 Å². The molecule has 0 fully saturated rings. The number of hydrogen-bond acceptors (Lipinski definition) is 2. The summed E-state index contributed by atoms with van der Waals surface area (Å²) in [6.07, 6.45) is 0.760. The van der Waals surface area contributed by atoms with Crippen LogP contribution in [0.3, 0.4) is 0 Å². The van der Waals surface area contributed by atoms with Gasteiger partial charge in [0.1, 0.15) is 5.82 Å². The second-order valence-electron chi connectivity index (χ2n) is 4.00. The lowest BCUT2D eigenvalue weighted by Crippen LogP contribution is -2.11. The third-order valence-electron chi connectivity index (χ3n) is 2.88. The maximum atomic E-state index is 12.9. The van der Waals surface area contributed by atoms with Crippen molar-refractivity contribution in [2.75, 3.05) is 0 Å². The number of rotatable bonds is 3. The van der Waals surface area contributed by atoms with E-state index in [-0.39, 0.29) is 23.9 Å². The number of hydrogen-bond donors (Lipinski definition) is 1. The molecule has 0 amide bonds. The lowest BCUT2D eigenvalue weighted by molar-refractivity contribution is -0.137. The van der Waals surface area contributed by atoms with Gasteiger partial charge in [-0.05, 0) is 36.6 Å². The Balaban J connectivity index is 2.14. The monoisotopic (exact) mass is 222 g/mol. The summed E-state index contributed by atoms with van der Waals surface area (Å²) in [5.74, 6) is -1.62. The van der Waals surface area contributed by atoms with Crippen molar-refractivity contribution in [1.82, 2.24) is 0 Å². The van der Waals surface area contributed by atoms with Gasteiger partial charge in [-0.2, -0.15) is 0 Å². The third kappa shape index (κ3) is 1.96. The highest BCUT2D eigenvalue weighted by atomic mass is 19.1. The molecule has 84 valence electrons. The van der Waals surface area contributed by atoms with Gasteiger partial charge in [-0.15, -0.1) is 0 Å². The molecule has 2 rings (SSSR count). The number of carbonyl (C=O) groups is 2. The van der Waals surface area contributed by atoms with Crippen molar-refractivity contribution in [2.24, 2.45) is 5.92 Å². The first-order valence-corrected chi connectivity index (χ1v) is 5.12. The number of carboxylic acids is 1. The zero-order valence-electron chi connectivity index (χ0n) is 8.57. The van der Waals surface area contributed by atoms with Gasteiger partial charge in [0.15, 0.2) is 5.78 Å². The Hall–Kier alpha value is -1.71. The highest BCUT2D eigenvalue weighted by Crippen LogP contribution is 2.30. The fourth-order valence-corrected chi connectivity index (χ4v) is 2.08. The second kappa shape index (κ2) is 4.04. The van der Waals surface area contributed by atoms with Crippen LogP contribution in [0.15, 0.2) is 18.2 Å². The molecule has 1 aromatic rings. The number of aliphatic carboxylic acids is 1. The normalized spacial score (nSPS) is 18.6. The SMILES string of the molecule is O=C(O)CCC1Cc2cc(F)ccc2C1=O. The number of Topliss-reactive ketones (excluding diaryl/α,β-unsaturated/α-hetero) is 1. The molecular formula is C12H11FO3. The van der Waals surface area contributed by atoms with E-state index in [0.717, 1.165) is 0 Å². The molecule has 0 aliphatic heterocycles. The maximum absolute atomic E-state index is 12.9. The predicted octanol–water partition coefficient (Wildman–Crippen LogP) is 2.05. The standard InChI is InChI=1S/C12H11FO3/c13-9-2-3-10-8(6-9)5-7(12(10)16)1-4-11(14)15/h2-3,6-7H,1,4-5H2,(H,14,15). The average Bonchev–Trinajstić information content (AvgIpc) is 2.52. The molecule has 1 unspecified atom stereocenters. The topological polar surface area (TPSA) is 54.4 Å². The average molecular weight is 222 g/mol. The molecule has 1 aliphatic rings. The number of fused-ring (bicyclic) bond motifs is 1. The molecular weight excluding hydrogens is 211 g/mol. The van der Waals surface area contributed by atoms with Crippen molar-refractivity contribution in [2.45, 2.75) is 19.3 Å². The summed E-state index contributed by atoms with van der Waals surface area (Å²) in [5.41, 5.74) is 1.23. The lowest BCUT2D eigenvalue weighted by Gasteiger charge is -2.04. The van der Waals surface area contributed by atoms with Gasteiger partial charge in [0, 0.05) is 17.9 Å². The largest absolute Gasteiger partial charge is 0.481 e. The highest BCUT2D eigenvalue weighted by molar-refractivity contribution is 6.02. The quantitative estimate of drug-likeness (QED) is 0.851. The Morgan fingerprint density at radius 1 is 1.50 bits per heavy atom. The zero-order valence-corrected chi connectivity index (χ0v) is 8.57. The van der Waals surface area contributed by atoms with E-state index < -0.39 is 5.97 Å². The van der Waals surface area contributed by atoms with E-state index in [4.69, 9.17) is 5.11 Å². The van der Waals surface area contributed by atoms with Crippen molar-refractivity contribution in [1.29, 1.82) is 0 Å². The van der Waals surface area contributed by atoms with Gasteiger partial charge in [-0.25, -0.2) is 4.39 Å². The van der Waals surface area contributed by atoms with Crippen molar-refractivity contribution in [3.8, 4) is 0 Å². The van der Waals surface area contributed by atoms with Crippen LogP contribution in [-0.4, -0.2) is 16.9 Å². The first kappa shape index (κ1) is 10.8. The minimum atomic E-state index is -0.907. The molecule has 0 radical (unpaired) electrons. The van der Waals surface area contributed by atoms with E-state index >= 15 is 0 Å². The summed E-state index contributed by atoms with van der Waals surface area (Å²) < 4.78 is 12.9. The van der Waals surface area contributed by atoms with Gasteiger partial charge in [0.25, 0.3) is 0 Å². The molecule has 3 nitrogen and oxygen atoms in total. The van der Waals surface area contributed by atoms with Gasteiger partial charge in [-0.3, -0.25) is 9.59 Å². The summed E-state index contributed by atoms with van der Waals surface area (Å²) in [4.78, 5) is 22.2. The number of benzene rings is 1. The molecule has 1 aliphatic carbocycles. The summed E-state index contributed by atoms with van der Waals surface area (Å²) in [5, 5.41) is 8.55. The lowest BCUT2D eigenvalue weighted by atomic mass is 9.99. The Morgan fingerprint density at radius 2 is 2.25 bits per heavy atom. The highest BCUT2D eigenvalue weighted by Gasteiger charge is 2.30. The van der Waals surface area contributed by atoms with Crippen LogP contribution in [-0.2, 0) is 11.2 Å². The van der Waals surface area contributed by atoms with Crippen LogP contribution in [0.25, 0.3) is 0 Å². The number of halogens is 1. The molecule has 16 heavy (non-hydrogen) atoms. The first-order valence-electron chi connectivity index (χ1n) is 5.12. The molecule has 0 bridgehead atoms. The van der Waals surface area contributed by atoms with Crippen LogP contribution < -0.4 is 0 Å². The van der Waals surface area contributed by atoms with Crippen LogP contribution in [0.2, 0.25) is 0 Å². The fourth-order valence-electron chi connectivity index (χ4n) is 2.08. The molecule has 0 spiro atoms. The van der Waals surface area contributed by atoms with Crippen LogP contribution in [0.1, 0.15) is 28.8 Å². The zero-order chi connectivity index (χ0) is 11.7. The summed E-state index contributed by atoms with van der Waals surface area (Å²) in [7, 11) is 0. The van der Waals surface area contributed by atoms with Gasteiger partial charge >= 0.3 is 5.97 Å². The third-order valence-corrected chi connectivity index (χ3v) is 2.88. The fraction of sp³-hybridized carbons (Fsp3) is 0.333. The predicted molar refractivity (Wildman–Crippen MR) is 54.8 cm³/mol. The van der Waals surface area contributed by atoms with E-state index in [0.29, 0.717) is 24.0 Å². The van der Waals surface area contributed by atoms with E-state index in [1.54, 1.807) is 0 Å². The Labute approximate surface area is 91.9 Å². The van der Waals surface area contributed by atoms with E-state index in [1.807, 2.05) is 0 Å². The Bertz CT molecular complexity index is 454. The Kier molecular flexibility index (Phi) is 2.73. The number of carboxylic acid groups (broad SMARTS) is 1. The van der Waals surface area contributed by atoms with Crippen molar-refractivity contribution in [3.63, 3.8) is 0 Å². The second-order valence-corrected chi connectivity index (χ2v) is 4.00. The van der Waals surface area contributed by atoms with Crippen molar-refractivity contribution in [3.05, 3.63) is 35.1 Å². The van der Waals surface area contributed by atoms with Crippen molar-refractivity contribution >= 4 is 11.8 Å². The van der Waals surface area contributed by atoms with Gasteiger partial charge in [0.2, 0.25) is 0 Å².